The maximum atomic E-state index is 10.2. The van der Waals surface area contributed by atoms with Crippen LogP contribution in [-0.2, 0) is 0 Å². The predicted octanol–water partition coefficient (Wildman–Crippen LogP) is 2.35. The molecule has 2 aromatic rings. The normalized spacial score (nSPS) is 13.2. The van der Waals surface area contributed by atoms with Gasteiger partial charge in [-0.15, -0.1) is 6.58 Å². The topological polar surface area (TPSA) is 62.2 Å². The average molecular weight is 357 g/mol. The van der Waals surface area contributed by atoms with Gasteiger partial charge in [0.2, 0.25) is 0 Å². The molecule has 0 saturated carbocycles. The zero-order chi connectivity index (χ0) is 18.6. The Morgan fingerprint density at radius 3 is 1.62 bits per heavy atom. The van der Waals surface area contributed by atoms with Gasteiger partial charge in [0.15, 0.2) is 0 Å². The second-order valence-electron chi connectivity index (χ2n) is 6.06. The second kappa shape index (κ2) is 11.3. The highest BCUT2D eigenvalue weighted by Gasteiger charge is 2.16. The Kier molecular flexibility index (Phi) is 8.69. The van der Waals surface area contributed by atoms with Gasteiger partial charge in [-0.25, -0.2) is 0 Å². The molecule has 26 heavy (non-hydrogen) atoms. The number of aliphatic hydroxyl groups is 2. The molecule has 2 aromatic carbocycles. The zero-order valence-corrected chi connectivity index (χ0v) is 14.9. The van der Waals surface area contributed by atoms with Crippen LogP contribution < -0.4 is 9.47 Å². The van der Waals surface area contributed by atoms with Crippen molar-refractivity contribution in [2.24, 2.45) is 0 Å². The molecule has 0 spiro atoms. The Balaban J connectivity index is 1.74. The summed E-state index contributed by atoms with van der Waals surface area (Å²) in [6.07, 6.45) is 0.407. The molecule has 2 atom stereocenters. The van der Waals surface area contributed by atoms with Gasteiger partial charge in [-0.05, 0) is 24.3 Å². The fraction of sp³-hybridized carbons (Fsp3) is 0.333. The van der Waals surface area contributed by atoms with Gasteiger partial charge in [0.1, 0.15) is 36.9 Å². The lowest BCUT2D eigenvalue weighted by Gasteiger charge is -2.26. The van der Waals surface area contributed by atoms with Crippen LogP contribution in [0.15, 0.2) is 73.3 Å². The van der Waals surface area contributed by atoms with Crippen molar-refractivity contribution in [1.29, 1.82) is 0 Å². The van der Waals surface area contributed by atoms with E-state index in [0.717, 1.165) is 11.5 Å². The number of hydrogen-bond donors (Lipinski definition) is 2. The molecule has 0 aliphatic rings. The predicted molar refractivity (Wildman–Crippen MR) is 103 cm³/mol. The molecular weight excluding hydrogens is 330 g/mol. The highest BCUT2D eigenvalue weighted by molar-refractivity contribution is 5.21. The lowest BCUT2D eigenvalue weighted by molar-refractivity contribution is 0.0358. The Hall–Kier alpha value is -2.34. The fourth-order valence-electron chi connectivity index (χ4n) is 2.53. The minimum atomic E-state index is -0.669. The molecule has 0 bridgehead atoms. The largest absolute Gasteiger partial charge is 0.491 e. The summed E-state index contributed by atoms with van der Waals surface area (Å²) in [6, 6.07) is 18.7. The van der Waals surface area contributed by atoms with E-state index in [1.165, 1.54) is 0 Å². The molecule has 0 amide bonds. The molecule has 0 radical (unpaired) electrons. The fourth-order valence-corrected chi connectivity index (χ4v) is 2.53. The summed E-state index contributed by atoms with van der Waals surface area (Å²) in [5.74, 6) is 1.44. The summed E-state index contributed by atoms with van der Waals surface area (Å²) < 4.78 is 11.1. The highest BCUT2D eigenvalue weighted by Crippen LogP contribution is 2.10. The first-order chi connectivity index (χ1) is 12.7. The first-order valence-electron chi connectivity index (χ1n) is 8.72. The van der Waals surface area contributed by atoms with Crippen molar-refractivity contribution < 1.29 is 19.7 Å². The van der Waals surface area contributed by atoms with Crippen LogP contribution in [-0.4, -0.2) is 60.2 Å². The molecule has 0 aliphatic heterocycles. The van der Waals surface area contributed by atoms with Crippen molar-refractivity contribution in [2.45, 2.75) is 12.2 Å². The maximum Gasteiger partial charge on any atom is 0.119 e. The smallest absolute Gasteiger partial charge is 0.119 e. The van der Waals surface area contributed by atoms with Crippen LogP contribution in [0.3, 0.4) is 0 Å². The Morgan fingerprint density at radius 2 is 1.23 bits per heavy atom. The number of aliphatic hydroxyl groups excluding tert-OH is 2. The van der Waals surface area contributed by atoms with Crippen LogP contribution in [0.1, 0.15) is 0 Å². The van der Waals surface area contributed by atoms with Crippen molar-refractivity contribution in [3.63, 3.8) is 0 Å². The molecular formula is C21H27NO4. The third-order valence-corrected chi connectivity index (χ3v) is 3.70. The minimum Gasteiger partial charge on any atom is -0.491 e. The average Bonchev–Trinajstić information content (AvgIpc) is 2.66. The Bertz CT molecular complexity index is 569. The van der Waals surface area contributed by atoms with E-state index < -0.39 is 12.2 Å². The number of rotatable bonds is 12. The highest BCUT2D eigenvalue weighted by atomic mass is 16.5. The summed E-state index contributed by atoms with van der Waals surface area (Å²) in [6.45, 7) is 5.43. The van der Waals surface area contributed by atoms with Crippen molar-refractivity contribution in [1.82, 2.24) is 4.90 Å². The molecule has 2 unspecified atom stereocenters. The number of para-hydroxylation sites is 2. The van der Waals surface area contributed by atoms with Crippen LogP contribution in [0.4, 0.5) is 0 Å². The number of hydrogen-bond acceptors (Lipinski definition) is 5. The monoisotopic (exact) mass is 357 g/mol. The van der Waals surface area contributed by atoms with Crippen LogP contribution in [0.2, 0.25) is 0 Å². The van der Waals surface area contributed by atoms with E-state index in [4.69, 9.17) is 9.47 Å². The van der Waals surface area contributed by atoms with Gasteiger partial charge < -0.3 is 19.7 Å². The molecule has 0 aromatic heterocycles. The van der Waals surface area contributed by atoms with Gasteiger partial charge in [0.05, 0.1) is 0 Å². The third-order valence-electron chi connectivity index (χ3n) is 3.70. The summed E-state index contributed by atoms with van der Waals surface area (Å²) >= 11 is 0. The molecule has 0 aliphatic carbocycles. The van der Waals surface area contributed by atoms with Gasteiger partial charge >= 0.3 is 0 Å². The van der Waals surface area contributed by atoms with E-state index in [1.54, 1.807) is 6.08 Å². The SMILES string of the molecule is C=CCN(CC(O)COc1ccccc1)CC(O)COc1ccccc1. The van der Waals surface area contributed by atoms with Crippen LogP contribution >= 0.6 is 0 Å². The number of ether oxygens (including phenoxy) is 2. The van der Waals surface area contributed by atoms with E-state index in [2.05, 4.69) is 6.58 Å². The molecule has 0 saturated heterocycles. The van der Waals surface area contributed by atoms with E-state index >= 15 is 0 Å². The van der Waals surface area contributed by atoms with Gasteiger partial charge in [0, 0.05) is 19.6 Å². The Morgan fingerprint density at radius 1 is 0.808 bits per heavy atom. The van der Waals surface area contributed by atoms with Crippen molar-refractivity contribution >= 4 is 0 Å². The Labute approximate surface area is 155 Å². The maximum absolute atomic E-state index is 10.2. The van der Waals surface area contributed by atoms with Crippen LogP contribution in [0.25, 0.3) is 0 Å². The van der Waals surface area contributed by atoms with E-state index in [-0.39, 0.29) is 13.2 Å². The van der Waals surface area contributed by atoms with Crippen molar-refractivity contribution in [2.75, 3.05) is 32.8 Å². The molecule has 2 N–H and O–H groups in total. The summed E-state index contributed by atoms with van der Waals surface area (Å²) in [5.41, 5.74) is 0. The summed E-state index contributed by atoms with van der Waals surface area (Å²) in [7, 11) is 0. The van der Waals surface area contributed by atoms with E-state index in [0.29, 0.717) is 19.6 Å². The van der Waals surface area contributed by atoms with Crippen LogP contribution in [0.5, 0.6) is 11.5 Å². The first kappa shape index (κ1) is 20.0. The van der Waals surface area contributed by atoms with Gasteiger partial charge in [-0.2, -0.15) is 0 Å². The van der Waals surface area contributed by atoms with E-state index in [1.807, 2.05) is 65.6 Å². The lowest BCUT2D eigenvalue weighted by atomic mass is 10.2. The molecule has 5 nitrogen and oxygen atoms in total. The van der Waals surface area contributed by atoms with E-state index in [9.17, 15) is 10.2 Å². The van der Waals surface area contributed by atoms with Gasteiger partial charge in [-0.1, -0.05) is 42.5 Å². The quantitative estimate of drug-likeness (QED) is 0.571. The number of benzene rings is 2. The second-order valence-corrected chi connectivity index (χ2v) is 6.06. The molecule has 0 heterocycles. The summed E-state index contributed by atoms with van der Waals surface area (Å²) in [5, 5.41) is 20.4. The van der Waals surface area contributed by atoms with Gasteiger partial charge in [-0.3, -0.25) is 4.90 Å². The third kappa shape index (κ3) is 7.70. The standard InChI is InChI=1S/C21H27NO4/c1-2-13-22(14-18(23)16-25-20-9-5-3-6-10-20)15-19(24)17-26-21-11-7-4-8-12-21/h2-12,18-19,23-24H,1,13-17H2. The minimum absolute atomic E-state index is 0.189. The lowest BCUT2D eigenvalue weighted by Crippen LogP contribution is -2.41. The molecule has 5 heteroatoms. The molecule has 2 rings (SSSR count). The van der Waals surface area contributed by atoms with Crippen molar-refractivity contribution in [3.05, 3.63) is 73.3 Å². The molecule has 0 fully saturated rings. The summed E-state index contributed by atoms with van der Waals surface area (Å²) in [4.78, 5) is 1.92. The van der Waals surface area contributed by atoms with Crippen molar-refractivity contribution in [3.8, 4) is 11.5 Å². The number of nitrogens with zero attached hydrogens (tertiary/aromatic N) is 1. The first-order valence-corrected chi connectivity index (χ1v) is 8.72. The zero-order valence-electron chi connectivity index (χ0n) is 14.9. The van der Waals surface area contributed by atoms with Crippen LogP contribution in [0, 0.1) is 0 Å². The molecule has 140 valence electrons. The van der Waals surface area contributed by atoms with Gasteiger partial charge in [0.25, 0.3) is 0 Å².